The Kier molecular flexibility index (Phi) is 3.23. The lowest BCUT2D eigenvalue weighted by Gasteiger charge is -2.04. The molecule has 0 aliphatic rings. The quantitative estimate of drug-likeness (QED) is 0.756. The molecule has 0 spiro atoms. The van der Waals surface area contributed by atoms with Gasteiger partial charge in [-0.25, -0.2) is 8.78 Å². The fourth-order valence-electron chi connectivity index (χ4n) is 0.834. The maximum atomic E-state index is 12.3. The fraction of sp³-hybridized carbons (Fsp3) is 0.125. The van der Waals surface area contributed by atoms with Crippen molar-refractivity contribution >= 4 is 27.5 Å². The van der Waals surface area contributed by atoms with E-state index >= 15 is 0 Å². The lowest BCUT2D eigenvalue weighted by atomic mass is 10.1. The summed E-state index contributed by atoms with van der Waals surface area (Å²) in [6.45, 7) is 0. The minimum Gasteiger partial charge on any atom is -0.205 e. The van der Waals surface area contributed by atoms with Crippen LogP contribution in [0.2, 0.25) is 5.02 Å². The Labute approximate surface area is 87.1 Å². The number of rotatable bonds is 1. The predicted octanol–water partition coefficient (Wildman–Crippen LogP) is 3.91. The summed E-state index contributed by atoms with van der Waals surface area (Å²) in [4.78, 5) is 0. The van der Waals surface area contributed by atoms with Crippen LogP contribution in [-0.2, 0) is 0 Å². The van der Waals surface area contributed by atoms with E-state index in [1.807, 2.05) is 0 Å². The topological polar surface area (TPSA) is 23.8 Å². The summed E-state index contributed by atoms with van der Waals surface area (Å²) >= 11 is 8.57. The third-order valence-electron chi connectivity index (χ3n) is 1.42. The Morgan fingerprint density at radius 3 is 2.54 bits per heavy atom. The van der Waals surface area contributed by atoms with E-state index in [9.17, 15) is 8.78 Å². The molecule has 0 saturated carbocycles. The number of alkyl halides is 2. The molecule has 0 heterocycles. The second-order valence-electron chi connectivity index (χ2n) is 2.27. The highest BCUT2D eigenvalue weighted by atomic mass is 79.9. The molecule has 68 valence electrons. The van der Waals surface area contributed by atoms with Gasteiger partial charge in [-0.3, -0.25) is 0 Å². The maximum absolute atomic E-state index is 12.3. The normalized spacial score (nSPS) is 10.2. The van der Waals surface area contributed by atoms with E-state index in [4.69, 9.17) is 16.9 Å². The van der Waals surface area contributed by atoms with Crippen LogP contribution in [0.25, 0.3) is 0 Å². The second-order valence-corrected chi connectivity index (χ2v) is 3.51. The Morgan fingerprint density at radius 1 is 1.46 bits per heavy atom. The molecule has 0 saturated heterocycles. The zero-order valence-corrected chi connectivity index (χ0v) is 8.53. The van der Waals surface area contributed by atoms with Gasteiger partial charge in [0.15, 0.2) is 0 Å². The van der Waals surface area contributed by atoms with Gasteiger partial charge < -0.3 is 0 Å². The molecule has 0 fully saturated rings. The first-order chi connectivity index (χ1) is 6.06. The monoisotopic (exact) mass is 265 g/mol. The Balaban J connectivity index is 3.35. The molecule has 0 aliphatic carbocycles. The molecule has 1 rings (SSSR count). The summed E-state index contributed by atoms with van der Waals surface area (Å²) in [5.41, 5.74) is -0.167. The standard InChI is InChI=1S/C8H3BrClF2N/c9-6-2-4(3-13)1-5(7(6)10)8(11)12/h1-2,8H. The van der Waals surface area contributed by atoms with Crippen molar-refractivity contribution < 1.29 is 8.78 Å². The highest BCUT2D eigenvalue weighted by molar-refractivity contribution is 9.10. The van der Waals surface area contributed by atoms with Gasteiger partial charge in [-0.05, 0) is 28.1 Å². The van der Waals surface area contributed by atoms with Crippen molar-refractivity contribution in [3.05, 3.63) is 32.8 Å². The van der Waals surface area contributed by atoms with Crippen LogP contribution >= 0.6 is 27.5 Å². The molecule has 0 amide bonds. The Bertz CT molecular complexity index is 373. The van der Waals surface area contributed by atoms with Crippen LogP contribution in [0.15, 0.2) is 16.6 Å². The second kappa shape index (κ2) is 4.03. The van der Waals surface area contributed by atoms with E-state index in [-0.39, 0.29) is 16.1 Å². The number of hydrogen-bond acceptors (Lipinski definition) is 1. The van der Waals surface area contributed by atoms with Gasteiger partial charge in [0.25, 0.3) is 6.43 Å². The first-order valence-corrected chi connectivity index (χ1v) is 4.40. The Morgan fingerprint density at radius 2 is 2.08 bits per heavy atom. The van der Waals surface area contributed by atoms with E-state index < -0.39 is 6.43 Å². The number of nitriles is 1. The van der Waals surface area contributed by atoms with Gasteiger partial charge >= 0.3 is 0 Å². The van der Waals surface area contributed by atoms with Crippen LogP contribution in [0.5, 0.6) is 0 Å². The third kappa shape index (κ3) is 2.17. The number of hydrogen-bond donors (Lipinski definition) is 0. The van der Waals surface area contributed by atoms with Gasteiger partial charge in [0.1, 0.15) is 0 Å². The third-order valence-corrected chi connectivity index (χ3v) is 2.70. The lowest BCUT2D eigenvalue weighted by Crippen LogP contribution is -1.89. The zero-order valence-electron chi connectivity index (χ0n) is 6.19. The summed E-state index contributed by atoms with van der Waals surface area (Å²) in [7, 11) is 0. The molecule has 0 aromatic heterocycles. The van der Waals surface area contributed by atoms with Crippen molar-refractivity contribution in [1.82, 2.24) is 0 Å². The molecule has 0 atom stereocenters. The molecule has 1 aromatic rings. The molecule has 5 heteroatoms. The summed E-state index contributed by atoms with van der Waals surface area (Å²) in [6.07, 6.45) is -2.67. The lowest BCUT2D eigenvalue weighted by molar-refractivity contribution is 0.151. The van der Waals surface area contributed by atoms with Crippen molar-refractivity contribution in [2.24, 2.45) is 0 Å². The Hall–Kier alpha value is -0.660. The smallest absolute Gasteiger partial charge is 0.205 e. The van der Waals surface area contributed by atoms with Crippen molar-refractivity contribution in [3.63, 3.8) is 0 Å². The van der Waals surface area contributed by atoms with E-state index in [0.29, 0.717) is 4.47 Å². The van der Waals surface area contributed by atoms with Crippen LogP contribution < -0.4 is 0 Å². The number of halogens is 4. The summed E-state index contributed by atoms with van der Waals surface area (Å²) in [5.74, 6) is 0. The van der Waals surface area contributed by atoms with E-state index in [2.05, 4.69) is 15.9 Å². The van der Waals surface area contributed by atoms with E-state index in [0.717, 1.165) is 6.07 Å². The molecule has 0 radical (unpaired) electrons. The summed E-state index contributed by atoms with van der Waals surface area (Å²) in [6, 6.07) is 4.25. The SMILES string of the molecule is N#Cc1cc(Br)c(Cl)c(C(F)F)c1. The van der Waals surface area contributed by atoms with Gasteiger partial charge in [0, 0.05) is 10.0 Å². The molecule has 0 N–H and O–H groups in total. The summed E-state index contributed by atoms with van der Waals surface area (Å²) in [5, 5.41) is 8.45. The van der Waals surface area contributed by atoms with E-state index in [1.165, 1.54) is 6.07 Å². The molecular formula is C8H3BrClF2N. The zero-order chi connectivity index (χ0) is 10.0. The van der Waals surface area contributed by atoms with Crippen LogP contribution in [-0.4, -0.2) is 0 Å². The first-order valence-electron chi connectivity index (χ1n) is 3.23. The van der Waals surface area contributed by atoms with Crippen molar-refractivity contribution in [3.8, 4) is 6.07 Å². The van der Waals surface area contributed by atoms with Crippen molar-refractivity contribution in [2.45, 2.75) is 6.43 Å². The van der Waals surface area contributed by atoms with Gasteiger partial charge in [-0.2, -0.15) is 5.26 Å². The maximum Gasteiger partial charge on any atom is 0.265 e. The van der Waals surface area contributed by atoms with Crippen LogP contribution in [0, 0.1) is 11.3 Å². The molecule has 1 aromatic carbocycles. The average Bonchev–Trinajstić information content (AvgIpc) is 2.09. The van der Waals surface area contributed by atoms with Gasteiger partial charge in [-0.1, -0.05) is 11.6 Å². The van der Waals surface area contributed by atoms with Crippen molar-refractivity contribution in [2.75, 3.05) is 0 Å². The predicted molar refractivity (Wildman–Crippen MR) is 48.8 cm³/mol. The highest BCUT2D eigenvalue weighted by Gasteiger charge is 2.15. The van der Waals surface area contributed by atoms with Gasteiger partial charge in [0.2, 0.25) is 0 Å². The van der Waals surface area contributed by atoms with Crippen LogP contribution in [0.1, 0.15) is 17.6 Å². The number of benzene rings is 1. The molecular weight excluding hydrogens is 263 g/mol. The number of nitrogens with zero attached hydrogens (tertiary/aromatic N) is 1. The van der Waals surface area contributed by atoms with E-state index in [1.54, 1.807) is 6.07 Å². The highest BCUT2D eigenvalue weighted by Crippen LogP contribution is 2.33. The first kappa shape index (κ1) is 10.4. The average molecular weight is 266 g/mol. The summed E-state index contributed by atoms with van der Waals surface area (Å²) < 4.78 is 24.9. The largest absolute Gasteiger partial charge is 0.265 e. The molecule has 0 bridgehead atoms. The molecule has 13 heavy (non-hydrogen) atoms. The van der Waals surface area contributed by atoms with Crippen molar-refractivity contribution in [1.29, 1.82) is 5.26 Å². The van der Waals surface area contributed by atoms with Crippen LogP contribution in [0.3, 0.4) is 0 Å². The van der Waals surface area contributed by atoms with Gasteiger partial charge in [0.05, 0.1) is 16.7 Å². The molecule has 1 nitrogen and oxygen atoms in total. The molecule has 0 aliphatic heterocycles. The fourth-order valence-corrected chi connectivity index (χ4v) is 1.50. The van der Waals surface area contributed by atoms with Gasteiger partial charge in [-0.15, -0.1) is 0 Å². The molecule has 0 unspecified atom stereocenters. The minimum absolute atomic E-state index is 0.0472. The van der Waals surface area contributed by atoms with Crippen LogP contribution in [0.4, 0.5) is 8.78 Å². The minimum atomic E-state index is -2.67.